The zero-order valence-electron chi connectivity index (χ0n) is 12.3. The largest absolute Gasteiger partial charge is 0.350 e. The summed E-state index contributed by atoms with van der Waals surface area (Å²) >= 11 is 5.12. The highest BCUT2D eigenvalue weighted by Gasteiger charge is 2.24. The van der Waals surface area contributed by atoms with Gasteiger partial charge < -0.3 is 5.32 Å². The van der Waals surface area contributed by atoms with Crippen LogP contribution < -0.4 is 5.32 Å². The quantitative estimate of drug-likeness (QED) is 0.849. The van der Waals surface area contributed by atoms with Gasteiger partial charge in [0.05, 0.1) is 6.04 Å². The van der Waals surface area contributed by atoms with Crippen molar-refractivity contribution in [2.24, 2.45) is 0 Å². The normalized spacial score (nSPS) is 16.6. The molecule has 3 rings (SSSR count). The molecule has 3 nitrogen and oxygen atoms in total. The van der Waals surface area contributed by atoms with Crippen LogP contribution in [0.4, 0.5) is 0 Å². The second-order valence-corrected chi connectivity index (χ2v) is 7.23. The van der Waals surface area contributed by atoms with E-state index in [2.05, 4.69) is 43.0 Å². The van der Waals surface area contributed by atoms with Gasteiger partial charge in [0.2, 0.25) is 0 Å². The first-order valence-electron chi connectivity index (χ1n) is 7.54. The van der Waals surface area contributed by atoms with E-state index in [0.717, 1.165) is 17.6 Å². The Morgan fingerprint density at radius 2 is 2.14 bits per heavy atom. The molecule has 1 unspecified atom stereocenters. The summed E-state index contributed by atoms with van der Waals surface area (Å²) in [4.78, 5) is 14.8. The number of amides is 1. The Kier molecular flexibility index (Phi) is 5.28. The minimum atomic E-state index is -0.0132. The van der Waals surface area contributed by atoms with E-state index in [1.54, 1.807) is 11.3 Å². The molecule has 1 amide bonds. The average molecular weight is 379 g/mol. The molecule has 2 heterocycles. The van der Waals surface area contributed by atoms with Crippen molar-refractivity contribution in [3.05, 3.63) is 56.7 Å². The third kappa shape index (κ3) is 3.77. The van der Waals surface area contributed by atoms with Crippen LogP contribution in [0.2, 0.25) is 0 Å². The van der Waals surface area contributed by atoms with Gasteiger partial charge in [-0.1, -0.05) is 22.0 Å². The van der Waals surface area contributed by atoms with Gasteiger partial charge in [0, 0.05) is 16.6 Å². The number of likely N-dealkylation sites (tertiary alicyclic amines) is 1. The predicted octanol–water partition coefficient (Wildman–Crippen LogP) is 4.08. The van der Waals surface area contributed by atoms with Crippen LogP contribution in [0.15, 0.2) is 45.6 Å². The smallest absolute Gasteiger partial charge is 0.251 e. The van der Waals surface area contributed by atoms with Crippen LogP contribution in [-0.4, -0.2) is 30.4 Å². The molecule has 1 aromatic carbocycles. The lowest BCUT2D eigenvalue weighted by Gasteiger charge is -2.27. The molecule has 0 saturated carbocycles. The van der Waals surface area contributed by atoms with E-state index < -0.39 is 0 Å². The number of nitrogens with one attached hydrogen (secondary N) is 1. The fourth-order valence-corrected chi connectivity index (χ4v) is 4.00. The molecule has 2 aromatic rings. The van der Waals surface area contributed by atoms with Crippen LogP contribution in [0.5, 0.6) is 0 Å². The molecule has 116 valence electrons. The van der Waals surface area contributed by atoms with E-state index in [1.807, 2.05) is 24.3 Å². The van der Waals surface area contributed by atoms with Gasteiger partial charge in [-0.3, -0.25) is 9.69 Å². The molecular weight excluding hydrogens is 360 g/mol. The summed E-state index contributed by atoms with van der Waals surface area (Å²) in [7, 11) is 0. The Balaban J connectivity index is 1.67. The molecule has 1 fully saturated rings. The van der Waals surface area contributed by atoms with E-state index in [-0.39, 0.29) is 11.9 Å². The van der Waals surface area contributed by atoms with Crippen molar-refractivity contribution >= 4 is 33.2 Å². The number of carbonyl (C=O) groups excluding carboxylic acids is 1. The number of benzene rings is 1. The maximum Gasteiger partial charge on any atom is 0.251 e. The molecule has 0 radical (unpaired) electrons. The van der Waals surface area contributed by atoms with Crippen LogP contribution in [0.1, 0.15) is 34.8 Å². The lowest BCUT2D eigenvalue weighted by atomic mass is 10.1. The molecular formula is C17H19BrN2OS. The summed E-state index contributed by atoms with van der Waals surface area (Å²) in [5.41, 5.74) is 2.00. The van der Waals surface area contributed by atoms with Crippen molar-refractivity contribution in [2.45, 2.75) is 18.9 Å². The molecule has 5 heteroatoms. The van der Waals surface area contributed by atoms with Crippen LogP contribution in [-0.2, 0) is 0 Å². The topological polar surface area (TPSA) is 32.3 Å². The van der Waals surface area contributed by atoms with Gasteiger partial charge in [0.25, 0.3) is 5.91 Å². The van der Waals surface area contributed by atoms with Gasteiger partial charge in [-0.05, 0) is 66.5 Å². The SMILES string of the molecule is O=C(NCC(c1ccsc1)N1CCCC1)c1cccc(Br)c1. The minimum absolute atomic E-state index is 0.0132. The molecule has 1 aliphatic heterocycles. The number of hydrogen-bond donors (Lipinski definition) is 1. The van der Waals surface area contributed by atoms with E-state index in [0.29, 0.717) is 12.1 Å². The van der Waals surface area contributed by atoms with E-state index in [9.17, 15) is 4.79 Å². The molecule has 1 aromatic heterocycles. The highest BCUT2D eigenvalue weighted by molar-refractivity contribution is 9.10. The van der Waals surface area contributed by atoms with E-state index in [4.69, 9.17) is 0 Å². The van der Waals surface area contributed by atoms with Crippen molar-refractivity contribution in [1.29, 1.82) is 0 Å². The predicted molar refractivity (Wildman–Crippen MR) is 94.3 cm³/mol. The molecule has 0 bridgehead atoms. The molecule has 1 N–H and O–H groups in total. The summed E-state index contributed by atoms with van der Waals surface area (Å²) in [6.45, 7) is 2.89. The standard InChI is InChI=1S/C17H19BrN2OS/c18-15-5-3-4-13(10-15)17(21)19-11-16(14-6-9-22-12-14)20-7-1-2-8-20/h3-6,9-10,12,16H,1-2,7-8,11H2,(H,19,21). The Morgan fingerprint density at radius 1 is 1.32 bits per heavy atom. The van der Waals surface area contributed by atoms with Gasteiger partial charge in [-0.15, -0.1) is 0 Å². The maximum atomic E-state index is 12.3. The Hall–Kier alpha value is -1.17. The first-order chi connectivity index (χ1) is 10.7. The maximum absolute atomic E-state index is 12.3. The van der Waals surface area contributed by atoms with Gasteiger partial charge >= 0.3 is 0 Å². The first kappa shape index (κ1) is 15.7. The van der Waals surface area contributed by atoms with Crippen molar-refractivity contribution in [3.63, 3.8) is 0 Å². The summed E-state index contributed by atoms with van der Waals surface area (Å²) in [5.74, 6) is -0.0132. The van der Waals surface area contributed by atoms with Crippen LogP contribution >= 0.6 is 27.3 Å². The van der Waals surface area contributed by atoms with Gasteiger partial charge in [-0.25, -0.2) is 0 Å². The summed E-state index contributed by atoms with van der Waals surface area (Å²) in [5, 5.41) is 7.39. The fourth-order valence-electron chi connectivity index (χ4n) is 2.90. The minimum Gasteiger partial charge on any atom is -0.350 e. The van der Waals surface area contributed by atoms with Crippen molar-refractivity contribution in [1.82, 2.24) is 10.2 Å². The average Bonchev–Trinajstić information content (AvgIpc) is 3.21. The van der Waals surface area contributed by atoms with Crippen LogP contribution in [0.3, 0.4) is 0 Å². The lowest BCUT2D eigenvalue weighted by molar-refractivity contribution is 0.0938. The van der Waals surface area contributed by atoms with Gasteiger partial charge in [-0.2, -0.15) is 11.3 Å². The Bertz CT molecular complexity index is 623. The summed E-state index contributed by atoms with van der Waals surface area (Å²) < 4.78 is 0.925. The molecule has 0 aliphatic carbocycles. The lowest BCUT2D eigenvalue weighted by Crippen LogP contribution is -2.36. The first-order valence-corrected chi connectivity index (χ1v) is 9.27. The Labute approximate surface area is 143 Å². The van der Waals surface area contributed by atoms with Crippen LogP contribution in [0, 0.1) is 0 Å². The molecule has 1 saturated heterocycles. The zero-order valence-corrected chi connectivity index (χ0v) is 14.7. The monoisotopic (exact) mass is 378 g/mol. The second kappa shape index (κ2) is 7.40. The molecule has 22 heavy (non-hydrogen) atoms. The van der Waals surface area contributed by atoms with Crippen LogP contribution in [0.25, 0.3) is 0 Å². The van der Waals surface area contributed by atoms with Crippen molar-refractivity contribution in [3.8, 4) is 0 Å². The number of nitrogens with zero attached hydrogens (tertiary/aromatic N) is 1. The van der Waals surface area contributed by atoms with Crippen molar-refractivity contribution < 1.29 is 4.79 Å². The Morgan fingerprint density at radius 3 is 2.82 bits per heavy atom. The van der Waals surface area contributed by atoms with Crippen molar-refractivity contribution in [2.75, 3.05) is 19.6 Å². The van der Waals surface area contributed by atoms with Gasteiger partial charge in [0.1, 0.15) is 0 Å². The summed E-state index contributed by atoms with van der Waals surface area (Å²) in [6.07, 6.45) is 2.50. The molecule has 0 spiro atoms. The second-order valence-electron chi connectivity index (χ2n) is 5.54. The number of carbonyl (C=O) groups is 1. The highest BCUT2D eigenvalue weighted by atomic mass is 79.9. The third-order valence-electron chi connectivity index (χ3n) is 4.05. The van der Waals surface area contributed by atoms with E-state index in [1.165, 1.54) is 18.4 Å². The third-order valence-corrected chi connectivity index (χ3v) is 5.25. The highest BCUT2D eigenvalue weighted by Crippen LogP contribution is 2.26. The zero-order chi connectivity index (χ0) is 15.4. The van der Waals surface area contributed by atoms with E-state index >= 15 is 0 Å². The molecule has 1 atom stereocenters. The number of hydrogen-bond acceptors (Lipinski definition) is 3. The van der Waals surface area contributed by atoms with Gasteiger partial charge in [0.15, 0.2) is 0 Å². The number of rotatable bonds is 5. The molecule has 1 aliphatic rings. The number of halogens is 1. The fraction of sp³-hybridized carbons (Fsp3) is 0.353. The summed E-state index contributed by atoms with van der Waals surface area (Å²) in [6, 6.07) is 9.95. The number of thiophene rings is 1.